The molecule has 7 heteroatoms. The van der Waals surface area contributed by atoms with E-state index in [2.05, 4.69) is 27.2 Å². The summed E-state index contributed by atoms with van der Waals surface area (Å²) in [5.74, 6) is 0.992. The summed E-state index contributed by atoms with van der Waals surface area (Å²) in [4.78, 5) is 14.7. The number of anilines is 2. The van der Waals surface area contributed by atoms with Crippen molar-refractivity contribution in [3.8, 4) is 6.01 Å². The molecule has 1 unspecified atom stereocenters. The van der Waals surface area contributed by atoms with E-state index in [1.807, 2.05) is 20.9 Å². The highest BCUT2D eigenvalue weighted by Gasteiger charge is 2.15. The molecule has 1 aromatic rings. The molecule has 114 valence electrons. The Kier molecular flexibility index (Phi) is 7.00. The number of hydrogen-bond donors (Lipinski definition) is 2. The summed E-state index contributed by atoms with van der Waals surface area (Å²) in [6.07, 6.45) is 1.87. The van der Waals surface area contributed by atoms with Crippen molar-refractivity contribution in [2.75, 3.05) is 37.0 Å². The normalized spacial score (nSPS) is 12.1. The van der Waals surface area contributed by atoms with Crippen LogP contribution in [-0.4, -0.2) is 52.9 Å². The first-order valence-electron chi connectivity index (χ1n) is 7.08. The molecule has 0 aliphatic carbocycles. The lowest BCUT2D eigenvalue weighted by molar-refractivity contribution is 0.267. The van der Waals surface area contributed by atoms with E-state index in [1.165, 1.54) is 0 Å². The monoisotopic (exact) mass is 283 g/mol. The molecule has 20 heavy (non-hydrogen) atoms. The van der Waals surface area contributed by atoms with Crippen molar-refractivity contribution in [3.63, 3.8) is 0 Å². The Labute approximate surface area is 120 Å². The van der Waals surface area contributed by atoms with Crippen molar-refractivity contribution in [1.82, 2.24) is 15.0 Å². The fourth-order valence-electron chi connectivity index (χ4n) is 1.40. The van der Waals surface area contributed by atoms with Crippen molar-refractivity contribution < 1.29 is 9.84 Å². The van der Waals surface area contributed by atoms with Gasteiger partial charge in [-0.3, -0.25) is 0 Å². The lowest BCUT2D eigenvalue weighted by Crippen LogP contribution is -2.33. The molecule has 0 aromatic carbocycles. The second-order valence-corrected chi connectivity index (χ2v) is 4.66. The molecule has 1 heterocycles. The van der Waals surface area contributed by atoms with Gasteiger partial charge >= 0.3 is 6.01 Å². The Bertz CT molecular complexity index is 376. The molecule has 1 aromatic heterocycles. The summed E-state index contributed by atoms with van der Waals surface area (Å²) >= 11 is 0. The van der Waals surface area contributed by atoms with Crippen LogP contribution in [0.3, 0.4) is 0 Å². The van der Waals surface area contributed by atoms with Gasteiger partial charge in [-0.1, -0.05) is 13.8 Å². The summed E-state index contributed by atoms with van der Waals surface area (Å²) in [6.45, 7) is 7.38. The van der Waals surface area contributed by atoms with E-state index in [4.69, 9.17) is 4.74 Å². The van der Waals surface area contributed by atoms with E-state index in [0.29, 0.717) is 24.5 Å². The molecule has 1 rings (SSSR count). The number of aliphatic hydroxyl groups is 1. The first kappa shape index (κ1) is 16.4. The highest BCUT2D eigenvalue weighted by molar-refractivity contribution is 5.38. The highest BCUT2D eigenvalue weighted by Crippen LogP contribution is 2.16. The van der Waals surface area contributed by atoms with Gasteiger partial charge in [0.05, 0.1) is 19.3 Å². The Balaban J connectivity index is 2.95. The van der Waals surface area contributed by atoms with Gasteiger partial charge in [0.25, 0.3) is 0 Å². The van der Waals surface area contributed by atoms with E-state index >= 15 is 0 Å². The summed E-state index contributed by atoms with van der Waals surface area (Å²) < 4.78 is 5.49. The average Bonchev–Trinajstić information content (AvgIpc) is 2.49. The molecule has 1 atom stereocenters. The van der Waals surface area contributed by atoms with E-state index in [0.717, 1.165) is 19.4 Å². The SMILES string of the molecule is CCCNc1nc(OCCC)nc(N(C)C(C)CO)n1. The summed E-state index contributed by atoms with van der Waals surface area (Å²) in [5, 5.41) is 12.4. The summed E-state index contributed by atoms with van der Waals surface area (Å²) in [7, 11) is 1.84. The van der Waals surface area contributed by atoms with Gasteiger partial charge in [0.2, 0.25) is 11.9 Å². The molecular formula is C13H25N5O2. The predicted octanol–water partition coefficient (Wildman–Crippen LogP) is 1.30. The predicted molar refractivity (Wildman–Crippen MR) is 79.3 cm³/mol. The number of hydrogen-bond acceptors (Lipinski definition) is 7. The fraction of sp³-hybridized carbons (Fsp3) is 0.769. The van der Waals surface area contributed by atoms with Crippen LogP contribution in [0.4, 0.5) is 11.9 Å². The Morgan fingerprint density at radius 2 is 2.00 bits per heavy atom. The summed E-state index contributed by atoms with van der Waals surface area (Å²) in [5.41, 5.74) is 0. The van der Waals surface area contributed by atoms with Gasteiger partial charge in [-0.05, 0) is 19.8 Å². The number of aliphatic hydroxyl groups excluding tert-OH is 1. The molecule has 0 aliphatic rings. The maximum Gasteiger partial charge on any atom is 0.323 e. The molecule has 0 aliphatic heterocycles. The minimum atomic E-state index is -0.0737. The number of likely N-dealkylation sites (N-methyl/N-ethyl adjacent to an activating group) is 1. The Hall–Kier alpha value is -1.63. The molecule has 0 amide bonds. The smallest absolute Gasteiger partial charge is 0.323 e. The van der Waals surface area contributed by atoms with Crippen LogP contribution < -0.4 is 15.0 Å². The molecule has 7 nitrogen and oxygen atoms in total. The van der Waals surface area contributed by atoms with Gasteiger partial charge in [0.1, 0.15) is 0 Å². The van der Waals surface area contributed by atoms with Crippen LogP contribution in [0, 0.1) is 0 Å². The van der Waals surface area contributed by atoms with Gasteiger partial charge in [-0.25, -0.2) is 0 Å². The second kappa shape index (κ2) is 8.52. The van der Waals surface area contributed by atoms with Crippen LogP contribution in [0.15, 0.2) is 0 Å². The zero-order chi connectivity index (χ0) is 15.0. The number of rotatable bonds is 9. The maximum absolute atomic E-state index is 9.23. The van der Waals surface area contributed by atoms with E-state index in [-0.39, 0.29) is 12.6 Å². The molecule has 0 fully saturated rings. The third-order valence-corrected chi connectivity index (χ3v) is 2.81. The van der Waals surface area contributed by atoms with Crippen molar-refractivity contribution in [1.29, 1.82) is 0 Å². The quantitative estimate of drug-likeness (QED) is 0.706. The molecule has 2 N–H and O–H groups in total. The average molecular weight is 283 g/mol. The zero-order valence-corrected chi connectivity index (χ0v) is 12.8. The van der Waals surface area contributed by atoms with E-state index in [1.54, 1.807) is 4.90 Å². The van der Waals surface area contributed by atoms with Crippen LogP contribution in [0.25, 0.3) is 0 Å². The van der Waals surface area contributed by atoms with Crippen molar-refractivity contribution in [2.24, 2.45) is 0 Å². The van der Waals surface area contributed by atoms with Gasteiger partial charge in [-0.2, -0.15) is 15.0 Å². The summed E-state index contributed by atoms with van der Waals surface area (Å²) in [6, 6.07) is 0.239. The molecule has 0 bridgehead atoms. The van der Waals surface area contributed by atoms with Gasteiger partial charge in [-0.15, -0.1) is 0 Å². The van der Waals surface area contributed by atoms with Crippen molar-refractivity contribution in [2.45, 2.75) is 39.7 Å². The first-order chi connectivity index (χ1) is 9.62. The standard InChI is InChI=1S/C13H25N5O2/c1-5-7-14-11-15-12(18(4)10(3)9-19)17-13(16-11)20-8-6-2/h10,19H,5-9H2,1-4H3,(H,14,15,16,17). The Morgan fingerprint density at radius 3 is 2.60 bits per heavy atom. The van der Waals surface area contributed by atoms with Crippen LogP contribution in [0.2, 0.25) is 0 Å². The molecule has 0 radical (unpaired) electrons. The second-order valence-electron chi connectivity index (χ2n) is 4.66. The number of nitrogens with zero attached hydrogens (tertiary/aromatic N) is 4. The fourth-order valence-corrected chi connectivity index (χ4v) is 1.40. The third-order valence-electron chi connectivity index (χ3n) is 2.81. The number of aromatic nitrogens is 3. The van der Waals surface area contributed by atoms with Gasteiger partial charge in [0, 0.05) is 13.6 Å². The van der Waals surface area contributed by atoms with Crippen LogP contribution in [0.5, 0.6) is 6.01 Å². The zero-order valence-electron chi connectivity index (χ0n) is 12.8. The molecule has 0 saturated carbocycles. The number of nitrogens with one attached hydrogen (secondary N) is 1. The van der Waals surface area contributed by atoms with E-state index in [9.17, 15) is 5.11 Å². The van der Waals surface area contributed by atoms with Crippen LogP contribution in [-0.2, 0) is 0 Å². The lowest BCUT2D eigenvalue weighted by Gasteiger charge is -2.23. The van der Waals surface area contributed by atoms with Crippen molar-refractivity contribution in [3.05, 3.63) is 0 Å². The molecular weight excluding hydrogens is 258 g/mol. The minimum absolute atomic E-state index is 0.0328. The highest BCUT2D eigenvalue weighted by atomic mass is 16.5. The van der Waals surface area contributed by atoms with Crippen LogP contribution in [0.1, 0.15) is 33.6 Å². The van der Waals surface area contributed by atoms with Crippen molar-refractivity contribution >= 4 is 11.9 Å². The molecule has 0 saturated heterocycles. The van der Waals surface area contributed by atoms with E-state index < -0.39 is 0 Å². The Morgan fingerprint density at radius 1 is 1.25 bits per heavy atom. The molecule has 0 spiro atoms. The lowest BCUT2D eigenvalue weighted by atomic mass is 10.3. The van der Waals surface area contributed by atoms with Crippen LogP contribution >= 0.6 is 0 Å². The number of ether oxygens (including phenoxy) is 1. The minimum Gasteiger partial charge on any atom is -0.463 e. The van der Waals surface area contributed by atoms with Gasteiger partial charge < -0.3 is 20.1 Å². The third kappa shape index (κ3) is 4.80. The largest absolute Gasteiger partial charge is 0.463 e. The maximum atomic E-state index is 9.23. The van der Waals surface area contributed by atoms with Gasteiger partial charge in [0.15, 0.2) is 0 Å². The first-order valence-corrected chi connectivity index (χ1v) is 7.08. The topological polar surface area (TPSA) is 83.4 Å².